The summed E-state index contributed by atoms with van der Waals surface area (Å²) in [5.41, 5.74) is 0.524. The van der Waals surface area contributed by atoms with Gasteiger partial charge in [-0.05, 0) is 50.6 Å². The lowest BCUT2D eigenvalue weighted by Gasteiger charge is -2.38. The number of carbonyl (C=O) groups is 1. The summed E-state index contributed by atoms with van der Waals surface area (Å²) >= 11 is 0. The third-order valence-corrected chi connectivity index (χ3v) is 3.89. The average Bonchev–Trinajstić information content (AvgIpc) is 2.46. The van der Waals surface area contributed by atoms with E-state index in [4.69, 9.17) is 0 Å². The molecule has 1 aromatic rings. The van der Waals surface area contributed by atoms with Gasteiger partial charge >= 0.3 is 0 Å². The number of benzene rings is 1. The number of Topliss-reactive ketones (excluding diaryl/α,β-unsaturated/α-hetero) is 1. The smallest absolute Gasteiger partial charge is 0.179 e. The molecule has 2 rings (SSSR count). The Morgan fingerprint density at radius 1 is 1.42 bits per heavy atom. The number of hydrogen-bond acceptors (Lipinski definition) is 3. The van der Waals surface area contributed by atoms with Crippen LogP contribution in [-0.4, -0.2) is 41.0 Å². The van der Waals surface area contributed by atoms with Gasteiger partial charge in [-0.25, -0.2) is 4.39 Å². The molecule has 4 heteroatoms. The van der Waals surface area contributed by atoms with Crippen LogP contribution in [0.5, 0.6) is 0 Å². The third-order valence-electron chi connectivity index (χ3n) is 3.89. The molecule has 19 heavy (non-hydrogen) atoms. The zero-order valence-corrected chi connectivity index (χ0v) is 11.2. The van der Waals surface area contributed by atoms with Crippen LogP contribution in [0.1, 0.15) is 36.5 Å². The van der Waals surface area contributed by atoms with E-state index < -0.39 is 0 Å². The Morgan fingerprint density at radius 2 is 2.11 bits per heavy atom. The summed E-state index contributed by atoms with van der Waals surface area (Å²) < 4.78 is 12.9. The lowest BCUT2D eigenvalue weighted by molar-refractivity contribution is 0.0491. The van der Waals surface area contributed by atoms with Crippen molar-refractivity contribution in [3.05, 3.63) is 35.6 Å². The van der Waals surface area contributed by atoms with Gasteiger partial charge in [0.15, 0.2) is 5.78 Å². The van der Waals surface area contributed by atoms with Crippen LogP contribution in [0.2, 0.25) is 0 Å². The number of aliphatic hydroxyl groups is 1. The zero-order chi connectivity index (χ0) is 13.8. The van der Waals surface area contributed by atoms with Crippen molar-refractivity contribution in [2.45, 2.75) is 38.3 Å². The van der Waals surface area contributed by atoms with Crippen molar-refractivity contribution < 1.29 is 14.3 Å². The first-order valence-corrected chi connectivity index (χ1v) is 6.80. The highest BCUT2D eigenvalue weighted by atomic mass is 19.1. The second kappa shape index (κ2) is 6.26. The first-order chi connectivity index (χ1) is 9.13. The quantitative estimate of drug-likeness (QED) is 0.849. The fraction of sp³-hybridized carbons (Fsp3) is 0.533. The molecule has 3 nitrogen and oxygen atoms in total. The highest BCUT2D eigenvalue weighted by molar-refractivity contribution is 5.99. The molecule has 1 saturated heterocycles. The molecule has 0 aliphatic carbocycles. The molecule has 2 atom stereocenters. The summed E-state index contributed by atoms with van der Waals surface area (Å²) in [6.45, 7) is 2.78. The van der Waals surface area contributed by atoms with Gasteiger partial charge in [0.05, 0.1) is 12.6 Å². The highest BCUT2D eigenvalue weighted by Gasteiger charge is 2.30. The molecule has 0 bridgehead atoms. The number of piperidine rings is 1. The first-order valence-electron chi connectivity index (χ1n) is 6.80. The molecule has 0 saturated carbocycles. The van der Waals surface area contributed by atoms with E-state index >= 15 is 0 Å². The second-order valence-electron chi connectivity index (χ2n) is 5.12. The van der Waals surface area contributed by atoms with Gasteiger partial charge in [0.25, 0.3) is 0 Å². The highest BCUT2D eigenvalue weighted by Crippen LogP contribution is 2.21. The average molecular weight is 265 g/mol. The summed E-state index contributed by atoms with van der Waals surface area (Å²) in [5, 5.41) is 9.40. The molecule has 1 aliphatic rings. The van der Waals surface area contributed by atoms with Crippen molar-refractivity contribution in [3.8, 4) is 0 Å². The van der Waals surface area contributed by atoms with Gasteiger partial charge in [-0.3, -0.25) is 9.69 Å². The Balaban J connectivity index is 2.11. The maximum atomic E-state index is 12.9. The number of halogens is 1. The minimum Gasteiger partial charge on any atom is -0.395 e. The van der Waals surface area contributed by atoms with Crippen LogP contribution >= 0.6 is 0 Å². The minimum absolute atomic E-state index is 0.0136. The topological polar surface area (TPSA) is 40.5 Å². The van der Waals surface area contributed by atoms with Gasteiger partial charge in [0.1, 0.15) is 5.82 Å². The minimum atomic E-state index is -0.338. The monoisotopic (exact) mass is 265 g/mol. The zero-order valence-electron chi connectivity index (χ0n) is 11.2. The Morgan fingerprint density at radius 3 is 2.74 bits per heavy atom. The van der Waals surface area contributed by atoms with E-state index in [1.54, 1.807) is 0 Å². The number of rotatable bonds is 4. The molecule has 0 aromatic heterocycles. The largest absolute Gasteiger partial charge is 0.395 e. The fourth-order valence-electron chi connectivity index (χ4n) is 2.73. The van der Waals surface area contributed by atoms with Crippen molar-refractivity contribution in [1.29, 1.82) is 0 Å². The summed E-state index contributed by atoms with van der Waals surface area (Å²) in [6.07, 6.45) is 3.08. The SMILES string of the molecule is CC(C(=O)c1ccc(F)cc1)N1CCCCC1CO. The molecule has 0 spiro atoms. The summed E-state index contributed by atoms with van der Waals surface area (Å²) in [4.78, 5) is 14.4. The van der Waals surface area contributed by atoms with Crippen molar-refractivity contribution in [2.24, 2.45) is 0 Å². The predicted octanol–water partition coefficient (Wildman–Crippen LogP) is 2.24. The molecule has 104 valence electrons. The molecule has 0 amide bonds. The lowest BCUT2D eigenvalue weighted by Crippen LogP contribution is -2.49. The van der Waals surface area contributed by atoms with Crippen molar-refractivity contribution in [3.63, 3.8) is 0 Å². The van der Waals surface area contributed by atoms with E-state index in [2.05, 4.69) is 4.90 Å². The van der Waals surface area contributed by atoms with E-state index in [0.29, 0.717) is 5.56 Å². The molecular weight excluding hydrogens is 245 g/mol. The fourth-order valence-corrected chi connectivity index (χ4v) is 2.73. The van der Waals surface area contributed by atoms with E-state index in [9.17, 15) is 14.3 Å². The van der Waals surface area contributed by atoms with Gasteiger partial charge in [-0.1, -0.05) is 6.42 Å². The number of carbonyl (C=O) groups excluding carboxylic acids is 1. The molecule has 1 aliphatic heterocycles. The van der Waals surface area contributed by atoms with Gasteiger partial charge in [0, 0.05) is 11.6 Å². The van der Waals surface area contributed by atoms with Crippen LogP contribution < -0.4 is 0 Å². The van der Waals surface area contributed by atoms with Gasteiger partial charge in [-0.2, -0.15) is 0 Å². The number of likely N-dealkylation sites (tertiary alicyclic amines) is 1. The second-order valence-corrected chi connectivity index (χ2v) is 5.12. The van der Waals surface area contributed by atoms with Gasteiger partial charge in [0.2, 0.25) is 0 Å². The normalized spacial score (nSPS) is 22.2. The molecule has 1 N–H and O–H groups in total. The van der Waals surface area contributed by atoms with E-state index in [0.717, 1.165) is 25.8 Å². The predicted molar refractivity (Wildman–Crippen MR) is 71.6 cm³/mol. The van der Waals surface area contributed by atoms with Crippen LogP contribution in [0, 0.1) is 5.82 Å². The van der Waals surface area contributed by atoms with Crippen molar-refractivity contribution in [2.75, 3.05) is 13.2 Å². The van der Waals surface area contributed by atoms with Gasteiger partial charge < -0.3 is 5.11 Å². The molecule has 2 unspecified atom stereocenters. The summed E-state index contributed by atoms with van der Waals surface area (Å²) in [7, 11) is 0. The van der Waals surface area contributed by atoms with Crippen LogP contribution in [0.3, 0.4) is 0 Å². The Labute approximate surface area is 113 Å². The lowest BCUT2D eigenvalue weighted by atomic mass is 9.97. The molecule has 1 aromatic carbocycles. The van der Waals surface area contributed by atoms with E-state index in [-0.39, 0.29) is 30.3 Å². The number of hydrogen-bond donors (Lipinski definition) is 1. The van der Waals surface area contributed by atoms with Crippen LogP contribution in [0.15, 0.2) is 24.3 Å². The third kappa shape index (κ3) is 3.19. The van der Waals surface area contributed by atoms with Crippen molar-refractivity contribution in [1.82, 2.24) is 4.90 Å². The van der Waals surface area contributed by atoms with E-state index in [1.807, 2.05) is 6.92 Å². The Kier molecular flexibility index (Phi) is 4.66. The van der Waals surface area contributed by atoms with Crippen LogP contribution in [0.4, 0.5) is 4.39 Å². The molecule has 1 heterocycles. The Hall–Kier alpha value is -1.26. The molecule has 0 radical (unpaired) electrons. The summed E-state index contributed by atoms with van der Waals surface area (Å²) in [5.74, 6) is -0.351. The molecule has 1 fully saturated rings. The van der Waals surface area contributed by atoms with Crippen LogP contribution in [0.25, 0.3) is 0 Å². The number of nitrogens with zero attached hydrogens (tertiary/aromatic N) is 1. The maximum Gasteiger partial charge on any atom is 0.179 e. The standard InChI is InChI=1S/C15H20FNO2/c1-11(17-9-3-2-4-14(17)10-18)15(19)12-5-7-13(16)8-6-12/h5-8,11,14,18H,2-4,9-10H2,1H3. The number of aliphatic hydroxyl groups excluding tert-OH is 1. The van der Waals surface area contributed by atoms with Crippen molar-refractivity contribution >= 4 is 5.78 Å². The summed E-state index contributed by atoms with van der Waals surface area (Å²) in [6, 6.07) is 5.44. The Bertz CT molecular complexity index is 432. The van der Waals surface area contributed by atoms with E-state index in [1.165, 1.54) is 24.3 Å². The van der Waals surface area contributed by atoms with Gasteiger partial charge in [-0.15, -0.1) is 0 Å². The molecular formula is C15H20FNO2. The maximum absolute atomic E-state index is 12.9. The number of ketones is 1. The first kappa shape index (κ1) is 14.2. The van der Waals surface area contributed by atoms with Crippen LogP contribution in [-0.2, 0) is 0 Å².